The van der Waals surface area contributed by atoms with Gasteiger partial charge in [-0.1, -0.05) is 60.7 Å². The van der Waals surface area contributed by atoms with E-state index in [9.17, 15) is 9.59 Å². The Hall–Kier alpha value is -2.62. The van der Waals surface area contributed by atoms with Crippen molar-refractivity contribution < 1.29 is 9.59 Å². The molecule has 0 aliphatic heterocycles. The molecular formula is C23H30N2O2. The van der Waals surface area contributed by atoms with E-state index >= 15 is 0 Å². The van der Waals surface area contributed by atoms with Gasteiger partial charge in [0.2, 0.25) is 11.8 Å². The zero-order valence-electron chi connectivity index (χ0n) is 16.6. The van der Waals surface area contributed by atoms with Gasteiger partial charge in [-0.2, -0.15) is 0 Å². The van der Waals surface area contributed by atoms with Gasteiger partial charge in [-0.05, 0) is 31.4 Å². The number of amides is 2. The molecule has 0 aliphatic rings. The van der Waals surface area contributed by atoms with Crippen LogP contribution < -0.4 is 0 Å². The molecule has 0 radical (unpaired) electrons. The average molecular weight is 367 g/mol. The van der Waals surface area contributed by atoms with E-state index in [1.54, 1.807) is 11.8 Å². The topological polar surface area (TPSA) is 40.6 Å². The summed E-state index contributed by atoms with van der Waals surface area (Å²) in [4.78, 5) is 28.4. The first kappa shape index (κ1) is 20.7. The highest BCUT2D eigenvalue weighted by Crippen LogP contribution is 2.11. The van der Waals surface area contributed by atoms with Crippen LogP contribution in [0.2, 0.25) is 0 Å². The van der Waals surface area contributed by atoms with E-state index in [2.05, 4.69) is 12.1 Å². The number of benzene rings is 2. The Kier molecular flexibility index (Phi) is 8.05. The highest BCUT2D eigenvalue weighted by Gasteiger charge is 2.19. The Morgan fingerprint density at radius 1 is 0.852 bits per heavy atom. The Morgan fingerprint density at radius 3 is 1.93 bits per heavy atom. The van der Waals surface area contributed by atoms with E-state index in [4.69, 9.17) is 0 Å². The third-order valence-electron chi connectivity index (χ3n) is 4.69. The molecular weight excluding hydrogens is 336 g/mol. The van der Waals surface area contributed by atoms with E-state index in [1.165, 1.54) is 5.56 Å². The molecule has 2 aromatic carbocycles. The number of rotatable bonds is 9. The van der Waals surface area contributed by atoms with Crippen molar-refractivity contribution in [1.29, 1.82) is 0 Å². The van der Waals surface area contributed by atoms with Gasteiger partial charge in [0.15, 0.2) is 0 Å². The fourth-order valence-electron chi connectivity index (χ4n) is 3.05. The lowest BCUT2D eigenvalue weighted by Crippen LogP contribution is -2.40. The summed E-state index contributed by atoms with van der Waals surface area (Å²) in [6.45, 7) is 7.31. The normalized spacial score (nSPS) is 10.7. The first-order valence-electron chi connectivity index (χ1n) is 9.60. The van der Waals surface area contributed by atoms with Crippen LogP contribution in [-0.2, 0) is 22.6 Å². The minimum atomic E-state index is 0.0119. The number of carbonyl (C=O) groups is 2. The second-order valence-corrected chi connectivity index (χ2v) is 7.09. The number of nitrogens with zero attached hydrogens (tertiary/aromatic N) is 2. The summed E-state index contributed by atoms with van der Waals surface area (Å²) >= 11 is 0. The van der Waals surface area contributed by atoms with E-state index < -0.39 is 0 Å². The molecule has 0 fully saturated rings. The summed E-state index contributed by atoms with van der Waals surface area (Å²) < 4.78 is 0. The molecule has 0 saturated carbocycles. The lowest BCUT2D eigenvalue weighted by atomic mass is 10.1. The van der Waals surface area contributed by atoms with Crippen LogP contribution in [0.5, 0.6) is 0 Å². The maximum atomic E-state index is 12.8. The summed E-state index contributed by atoms with van der Waals surface area (Å²) in [5.74, 6) is 0.0951. The number of hydrogen-bond acceptors (Lipinski definition) is 2. The largest absolute Gasteiger partial charge is 0.342 e. The Balaban J connectivity index is 1.91. The van der Waals surface area contributed by atoms with Crippen LogP contribution in [0.25, 0.3) is 0 Å². The number of carbonyl (C=O) groups excluding carboxylic acids is 2. The molecule has 4 heteroatoms. The monoisotopic (exact) mass is 366 g/mol. The third-order valence-corrected chi connectivity index (χ3v) is 4.69. The van der Waals surface area contributed by atoms with Crippen molar-refractivity contribution in [3.05, 3.63) is 71.8 Å². The average Bonchev–Trinajstić information content (AvgIpc) is 2.67. The van der Waals surface area contributed by atoms with Crippen molar-refractivity contribution in [3.63, 3.8) is 0 Å². The lowest BCUT2D eigenvalue weighted by molar-refractivity contribution is -0.135. The molecule has 2 aromatic rings. The van der Waals surface area contributed by atoms with Gasteiger partial charge in [0.1, 0.15) is 0 Å². The van der Waals surface area contributed by atoms with Crippen LogP contribution in [0.1, 0.15) is 38.3 Å². The van der Waals surface area contributed by atoms with E-state index in [0.717, 1.165) is 12.0 Å². The first-order chi connectivity index (χ1) is 13.0. The van der Waals surface area contributed by atoms with Crippen molar-refractivity contribution in [1.82, 2.24) is 9.80 Å². The molecule has 0 bridgehead atoms. The van der Waals surface area contributed by atoms with Gasteiger partial charge < -0.3 is 9.80 Å². The van der Waals surface area contributed by atoms with Crippen molar-refractivity contribution in [2.75, 3.05) is 13.1 Å². The van der Waals surface area contributed by atoms with Crippen molar-refractivity contribution in [2.45, 2.75) is 46.2 Å². The fraction of sp³-hybridized carbons (Fsp3) is 0.391. The van der Waals surface area contributed by atoms with Crippen LogP contribution in [0.15, 0.2) is 60.7 Å². The molecule has 4 nitrogen and oxygen atoms in total. The molecule has 0 heterocycles. The SMILES string of the molecule is CC(=O)N(CCC(=O)N(Cc1ccccc1)C(C)C)CCc1ccccc1. The maximum Gasteiger partial charge on any atom is 0.224 e. The molecule has 2 rings (SSSR count). The van der Waals surface area contributed by atoms with Crippen LogP contribution in [0.3, 0.4) is 0 Å². The molecule has 0 saturated heterocycles. The highest BCUT2D eigenvalue weighted by molar-refractivity contribution is 5.78. The molecule has 144 valence electrons. The summed E-state index contributed by atoms with van der Waals surface area (Å²) in [5, 5.41) is 0. The molecule has 0 unspecified atom stereocenters. The number of hydrogen-bond donors (Lipinski definition) is 0. The molecule has 0 atom stereocenters. The maximum absolute atomic E-state index is 12.8. The van der Waals surface area contributed by atoms with E-state index in [0.29, 0.717) is 26.1 Å². The standard InChI is InChI=1S/C23H30N2O2/c1-19(2)25(18-22-12-8-5-9-13-22)23(27)15-17-24(20(3)26)16-14-21-10-6-4-7-11-21/h4-13,19H,14-18H2,1-3H3. The second kappa shape index (κ2) is 10.5. The van der Waals surface area contributed by atoms with Crippen LogP contribution in [0, 0.1) is 0 Å². The second-order valence-electron chi connectivity index (χ2n) is 7.09. The van der Waals surface area contributed by atoms with Crippen molar-refractivity contribution in [3.8, 4) is 0 Å². The molecule has 27 heavy (non-hydrogen) atoms. The van der Waals surface area contributed by atoms with E-state index in [1.807, 2.05) is 67.3 Å². The predicted octanol–water partition coefficient (Wildman–Crippen LogP) is 3.90. The zero-order valence-corrected chi connectivity index (χ0v) is 16.6. The molecule has 2 amide bonds. The van der Waals surface area contributed by atoms with Gasteiger partial charge in [0.25, 0.3) is 0 Å². The summed E-state index contributed by atoms with van der Waals surface area (Å²) in [7, 11) is 0. The first-order valence-corrected chi connectivity index (χ1v) is 9.60. The smallest absolute Gasteiger partial charge is 0.224 e. The van der Waals surface area contributed by atoms with Gasteiger partial charge in [0, 0.05) is 39.0 Å². The quantitative estimate of drug-likeness (QED) is 0.675. The fourth-order valence-corrected chi connectivity index (χ4v) is 3.05. The van der Waals surface area contributed by atoms with Gasteiger partial charge in [-0.15, -0.1) is 0 Å². The van der Waals surface area contributed by atoms with Crippen LogP contribution in [-0.4, -0.2) is 40.7 Å². The van der Waals surface area contributed by atoms with Crippen LogP contribution >= 0.6 is 0 Å². The van der Waals surface area contributed by atoms with Gasteiger partial charge in [0.05, 0.1) is 0 Å². The van der Waals surface area contributed by atoms with E-state index in [-0.39, 0.29) is 17.9 Å². The summed E-state index contributed by atoms with van der Waals surface area (Å²) in [6.07, 6.45) is 1.14. The minimum Gasteiger partial charge on any atom is -0.342 e. The summed E-state index contributed by atoms with van der Waals surface area (Å²) in [6, 6.07) is 20.2. The highest BCUT2D eigenvalue weighted by atomic mass is 16.2. The van der Waals surface area contributed by atoms with Gasteiger partial charge in [-0.25, -0.2) is 0 Å². The van der Waals surface area contributed by atoms with Gasteiger partial charge in [-0.3, -0.25) is 9.59 Å². The zero-order chi connectivity index (χ0) is 19.6. The Labute approximate surface area is 162 Å². The molecule has 0 aliphatic carbocycles. The Bertz CT molecular complexity index is 714. The molecule has 0 aromatic heterocycles. The Morgan fingerprint density at radius 2 is 1.41 bits per heavy atom. The van der Waals surface area contributed by atoms with Crippen LogP contribution in [0.4, 0.5) is 0 Å². The summed E-state index contributed by atoms with van der Waals surface area (Å²) in [5.41, 5.74) is 2.31. The third kappa shape index (κ3) is 6.89. The lowest BCUT2D eigenvalue weighted by Gasteiger charge is -2.28. The van der Waals surface area contributed by atoms with Crippen molar-refractivity contribution in [2.24, 2.45) is 0 Å². The minimum absolute atomic E-state index is 0.0119. The van der Waals surface area contributed by atoms with Gasteiger partial charge >= 0.3 is 0 Å². The predicted molar refractivity (Wildman–Crippen MR) is 109 cm³/mol. The molecule has 0 N–H and O–H groups in total. The van der Waals surface area contributed by atoms with Crippen molar-refractivity contribution >= 4 is 11.8 Å². The molecule has 0 spiro atoms.